The molecule has 3 heterocycles. The van der Waals surface area contributed by atoms with Crippen LogP contribution >= 0.6 is 36.4 Å². The average molecular weight is 792 g/mol. The Bertz CT molecular complexity index is 2080. The Balaban J connectivity index is 0.00000302. The summed E-state index contributed by atoms with van der Waals surface area (Å²) in [6.07, 6.45) is 2.40. The quantitative estimate of drug-likeness (QED) is 0.135. The van der Waals surface area contributed by atoms with Gasteiger partial charge in [-0.3, -0.25) is 9.59 Å². The van der Waals surface area contributed by atoms with Crippen molar-refractivity contribution in [2.45, 2.75) is 44.2 Å². The molecule has 2 fully saturated rings. The zero-order chi connectivity index (χ0) is 35.6. The first-order valence-electron chi connectivity index (χ1n) is 16.3. The zero-order valence-electron chi connectivity index (χ0n) is 29.0. The van der Waals surface area contributed by atoms with E-state index in [1.54, 1.807) is 34.1 Å². The van der Waals surface area contributed by atoms with Crippen molar-refractivity contribution in [1.29, 1.82) is 0 Å². The number of fused-ring (bicyclic) bond motifs is 1. The zero-order valence-corrected chi connectivity index (χ0v) is 32.2. The summed E-state index contributed by atoms with van der Waals surface area (Å²) < 4.78 is 41.7. The molecule has 6 rings (SSSR count). The molecule has 3 aromatic carbocycles. The van der Waals surface area contributed by atoms with Crippen LogP contribution in [0.15, 0.2) is 70.7 Å². The normalized spacial score (nSPS) is 16.4. The van der Waals surface area contributed by atoms with Gasteiger partial charge in [0.2, 0.25) is 15.9 Å². The van der Waals surface area contributed by atoms with Gasteiger partial charge in [-0.15, -0.1) is 24.8 Å². The number of sulfonamides is 1. The average Bonchev–Trinajstić information content (AvgIpc) is 3.62. The summed E-state index contributed by atoms with van der Waals surface area (Å²) in [5.74, 6) is 5.37. The highest BCUT2D eigenvalue weighted by molar-refractivity contribution is 7.89. The number of nitrogens with zero attached hydrogens (tertiary/aromatic N) is 5. The Labute approximate surface area is 320 Å². The Morgan fingerprint density at radius 3 is 2.37 bits per heavy atom. The van der Waals surface area contributed by atoms with Gasteiger partial charge in [-0.25, -0.2) is 13.4 Å². The molecule has 16 heteroatoms. The molecule has 4 aromatic rings. The molecule has 2 saturated heterocycles. The number of rotatable bonds is 9. The number of ether oxygens (including phenoxy) is 2. The predicted octanol–water partition coefficient (Wildman–Crippen LogP) is 5.37. The van der Waals surface area contributed by atoms with E-state index >= 15 is 0 Å². The van der Waals surface area contributed by atoms with E-state index in [2.05, 4.69) is 10.1 Å². The molecule has 1 atom stereocenters. The highest BCUT2D eigenvalue weighted by Crippen LogP contribution is 2.39. The first-order valence-corrected chi connectivity index (χ1v) is 18.1. The van der Waals surface area contributed by atoms with Gasteiger partial charge < -0.3 is 25.1 Å². The molecule has 0 radical (unpaired) electrons. The highest BCUT2D eigenvalue weighted by Gasteiger charge is 2.43. The predicted molar refractivity (Wildman–Crippen MR) is 206 cm³/mol. The number of hydrogen-bond acceptors (Lipinski definition) is 9. The third-order valence-electron chi connectivity index (χ3n) is 9.22. The van der Waals surface area contributed by atoms with Gasteiger partial charge in [0.05, 0.1) is 23.9 Å². The maximum absolute atomic E-state index is 14.3. The summed E-state index contributed by atoms with van der Waals surface area (Å²) in [6.45, 7) is 5.27. The molecule has 278 valence electrons. The van der Waals surface area contributed by atoms with Crippen molar-refractivity contribution in [2.75, 3.05) is 39.8 Å². The number of carbonyl (C=O) groups excluding carboxylic acids is 2. The number of aromatic nitrogens is 1. The first kappa shape index (κ1) is 40.6. The number of aryl methyl sites for hydroxylation is 2. The molecule has 2 aliphatic heterocycles. The molecule has 0 spiro atoms. The number of amides is 2. The van der Waals surface area contributed by atoms with E-state index in [-0.39, 0.29) is 65.4 Å². The van der Waals surface area contributed by atoms with Gasteiger partial charge >= 0.3 is 0 Å². The standard InChI is InChI=1S/C36H39ClN6O6S.2ClH/c1-23-20-24(2)40-33-27(23)6-4-8-31(33)49-22-28-29(37)13-14-32(34(28)48-3)50(46,47)43-15-5-7-30(43)36(45)42-18-16-41(17-19-42)35(44)26-11-9-25(10-12-26)21-39-38;;/h4,6,8-14,20-21,30H,5,7,15-19,22,38H2,1-3H3;2*1H/t30-;;/m0../s1. The highest BCUT2D eigenvalue weighted by atomic mass is 35.5. The van der Waals surface area contributed by atoms with E-state index in [1.165, 1.54) is 29.8 Å². The summed E-state index contributed by atoms with van der Waals surface area (Å²) in [5.41, 5.74) is 4.27. The van der Waals surface area contributed by atoms with Crippen molar-refractivity contribution in [3.8, 4) is 11.5 Å². The molecule has 12 nitrogen and oxygen atoms in total. The van der Waals surface area contributed by atoms with Crippen LogP contribution in [0, 0.1) is 13.8 Å². The van der Waals surface area contributed by atoms with Crippen LogP contribution in [0.1, 0.15) is 45.6 Å². The molecule has 2 N–H and O–H groups in total. The maximum atomic E-state index is 14.3. The van der Waals surface area contributed by atoms with Crippen molar-refractivity contribution in [3.63, 3.8) is 0 Å². The maximum Gasteiger partial charge on any atom is 0.253 e. The number of methoxy groups -OCH3 is 1. The number of carbonyl (C=O) groups is 2. The molecule has 1 aromatic heterocycles. The lowest BCUT2D eigenvalue weighted by atomic mass is 10.1. The van der Waals surface area contributed by atoms with Crippen LogP contribution < -0.4 is 15.3 Å². The third kappa shape index (κ3) is 8.08. The van der Waals surface area contributed by atoms with Gasteiger partial charge in [0, 0.05) is 49.4 Å². The smallest absolute Gasteiger partial charge is 0.253 e. The fourth-order valence-electron chi connectivity index (χ4n) is 6.69. The Hall–Kier alpha value is -4.14. The van der Waals surface area contributed by atoms with Crippen LogP contribution in [0.2, 0.25) is 5.02 Å². The number of piperazine rings is 1. The summed E-state index contributed by atoms with van der Waals surface area (Å²) >= 11 is 6.62. The van der Waals surface area contributed by atoms with E-state index in [4.69, 9.17) is 26.9 Å². The van der Waals surface area contributed by atoms with Gasteiger partial charge in [0.15, 0.2) is 0 Å². The SMILES string of the molecule is COc1c(S(=O)(=O)N2CCC[C@H]2C(=O)N2CCN(C(=O)c3ccc(C=NN)cc3)CC2)ccc(Cl)c1COc1cccc2c(C)cc(C)nc12.Cl.Cl. The molecule has 0 aliphatic carbocycles. The number of halogens is 3. The van der Waals surface area contributed by atoms with E-state index in [1.807, 2.05) is 38.1 Å². The largest absolute Gasteiger partial charge is 0.495 e. The minimum Gasteiger partial charge on any atom is -0.495 e. The van der Waals surface area contributed by atoms with Crippen LogP contribution in [0.3, 0.4) is 0 Å². The van der Waals surface area contributed by atoms with Crippen LogP contribution in [-0.2, 0) is 21.4 Å². The molecular formula is C36H41Cl3N6O6S. The topological polar surface area (TPSA) is 148 Å². The third-order valence-corrected chi connectivity index (χ3v) is 11.5. The van der Waals surface area contributed by atoms with Gasteiger partial charge in [-0.1, -0.05) is 35.9 Å². The second-order valence-corrected chi connectivity index (χ2v) is 14.6. The molecule has 2 amide bonds. The van der Waals surface area contributed by atoms with E-state index in [0.717, 1.165) is 22.2 Å². The molecule has 0 unspecified atom stereocenters. The van der Waals surface area contributed by atoms with Crippen LogP contribution in [0.25, 0.3) is 10.9 Å². The summed E-state index contributed by atoms with van der Waals surface area (Å²) in [7, 11) is -2.81. The van der Waals surface area contributed by atoms with Crippen molar-refractivity contribution in [3.05, 3.63) is 93.6 Å². The number of nitrogens with two attached hydrogens (primary N) is 1. The number of hydrogen-bond donors (Lipinski definition) is 1. The summed E-state index contributed by atoms with van der Waals surface area (Å²) in [4.78, 5) is 34.9. The monoisotopic (exact) mass is 790 g/mol. The van der Waals surface area contributed by atoms with Gasteiger partial charge in [0.1, 0.15) is 34.6 Å². The van der Waals surface area contributed by atoms with Gasteiger partial charge in [-0.05, 0) is 74.2 Å². The van der Waals surface area contributed by atoms with Crippen LogP contribution in [0.5, 0.6) is 11.5 Å². The number of benzene rings is 3. The number of pyridine rings is 1. The molecule has 52 heavy (non-hydrogen) atoms. The van der Waals surface area contributed by atoms with Crippen LogP contribution in [-0.4, -0.2) is 91.4 Å². The lowest BCUT2D eigenvalue weighted by Gasteiger charge is -2.37. The molecular weight excluding hydrogens is 751 g/mol. The first-order chi connectivity index (χ1) is 24.0. The minimum absolute atomic E-state index is 0. The summed E-state index contributed by atoms with van der Waals surface area (Å²) in [6, 6.07) is 16.6. The lowest BCUT2D eigenvalue weighted by molar-refractivity contribution is -0.136. The van der Waals surface area contributed by atoms with Crippen molar-refractivity contribution < 1.29 is 27.5 Å². The van der Waals surface area contributed by atoms with E-state index < -0.39 is 16.1 Å². The second-order valence-electron chi connectivity index (χ2n) is 12.4. The summed E-state index contributed by atoms with van der Waals surface area (Å²) in [5, 5.41) is 4.72. The fourth-order valence-corrected chi connectivity index (χ4v) is 8.72. The molecule has 0 bridgehead atoms. The molecule has 0 saturated carbocycles. The van der Waals surface area contributed by atoms with Gasteiger partial charge in [0.25, 0.3) is 5.91 Å². The van der Waals surface area contributed by atoms with Crippen LogP contribution in [0.4, 0.5) is 0 Å². The van der Waals surface area contributed by atoms with E-state index in [0.29, 0.717) is 61.4 Å². The Morgan fingerprint density at radius 1 is 1.00 bits per heavy atom. The fraction of sp³-hybridized carbons (Fsp3) is 0.333. The minimum atomic E-state index is -4.20. The van der Waals surface area contributed by atoms with Crippen molar-refractivity contribution >= 4 is 75.4 Å². The van der Waals surface area contributed by atoms with E-state index in [9.17, 15) is 18.0 Å². The Morgan fingerprint density at radius 2 is 1.69 bits per heavy atom. The lowest BCUT2D eigenvalue weighted by Crippen LogP contribution is -2.55. The van der Waals surface area contributed by atoms with Crippen molar-refractivity contribution in [1.82, 2.24) is 19.1 Å². The Kier molecular flexibility index (Phi) is 13.4. The number of hydrazone groups is 1. The van der Waals surface area contributed by atoms with Gasteiger partial charge in [-0.2, -0.15) is 9.41 Å². The number of para-hydroxylation sites is 1. The second kappa shape index (κ2) is 17.1. The molecule has 2 aliphatic rings. The van der Waals surface area contributed by atoms with Crippen molar-refractivity contribution in [2.24, 2.45) is 10.9 Å².